The van der Waals surface area contributed by atoms with E-state index >= 15 is 0 Å². The van der Waals surface area contributed by atoms with Crippen LogP contribution in [0.25, 0.3) is 0 Å². The zero-order valence-corrected chi connectivity index (χ0v) is 14.5. The largest absolute Gasteiger partial charge is 0.322 e. The molecule has 0 bridgehead atoms. The summed E-state index contributed by atoms with van der Waals surface area (Å²) >= 11 is 3.30. The molecule has 1 amide bonds. The van der Waals surface area contributed by atoms with Crippen LogP contribution >= 0.6 is 15.9 Å². The van der Waals surface area contributed by atoms with Gasteiger partial charge in [-0.15, -0.1) is 0 Å². The van der Waals surface area contributed by atoms with Crippen LogP contribution in [-0.4, -0.2) is 21.4 Å². The van der Waals surface area contributed by atoms with Crippen LogP contribution in [0.15, 0.2) is 51.8 Å². The van der Waals surface area contributed by atoms with Gasteiger partial charge >= 0.3 is 0 Å². The van der Waals surface area contributed by atoms with Crippen molar-refractivity contribution in [3.8, 4) is 0 Å². The SMILES string of the molecule is CNS(=O)(=O)c1cc(NC(=O)c2cccc(Br)c2)ccc1C. The van der Waals surface area contributed by atoms with Gasteiger partial charge in [-0.25, -0.2) is 13.1 Å². The van der Waals surface area contributed by atoms with Gasteiger partial charge in [0.25, 0.3) is 5.91 Å². The Kier molecular flexibility index (Phi) is 5.00. The summed E-state index contributed by atoms with van der Waals surface area (Å²) < 4.78 is 27.0. The van der Waals surface area contributed by atoms with Crippen LogP contribution in [-0.2, 0) is 10.0 Å². The van der Waals surface area contributed by atoms with E-state index in [2.05, 4.69) is 26.0 Å². The normalized spacial score (nSPS) is 11.2. The monoisotopic (exact) mass is 382 g/mol. The Morgan fingerprint density at radius 1 is 1.14 bits per heavy atom. The van der Waals surface area contributed by atoms with E-state index in [1.165, 1.54) is 13.1 Å². The summed E-state index contributed by atoms with van der Waals surface area (Å²) in [6, 6.07) is 11.7. The number of nitrogens with one attached hydrogen (secondary N) is 2. The van der Waals surface area contributed by atoms with Crippen molar-refractivity contribution in [2.45, 2.75) is 11.8 Å². The van der Waals surface area contributed by atoms with E-state index in [1.807, 2.05) is 6.07 Å². The minimum absolute atomic E-state index is 0.141. The van der Waals surface area contributed by atoms with Crippen LogP contribution in [0, 0.1) is 6.92 Å². The highest BCUT2D eigenvalue weighted by molar-refractivity contribution is 9.10. The van der Waals surface area contributed by atoms with Crippen LogP contribution in [0.5, 0.6) is 0 Å². The fourth-order valence-electron chi connectivity index (χ4n) is 1.91. The van der Waals surface area contributed by atoms with Crippen LogP contribution in [0.4, 0.5) is 5.69 Å². The maximum atomic E-state index is 12.2. The van der Waals surface area contributed by atoms with Crippen molar-refractivity contribution in [3.63, 3.8) is 0 Å². The van der Waals surface area contributed by atoms with Gasteiger partial charge in [-0.05, 0) is 49.9 Å². The summed E-state index contributed by atoms with van der Waals surface area (Å²) in [5.74, 6) is -0.307. The molecule has 0 unspecified atom stereocenters. The molecule has 0 aromatic heterocycles. The third-order valence-corrected chi connectivity index (χ3v) is 5.14. The number of hydrogen-bond acceptors (Lipinski definition) is 3. The van der Waals surface area contributed by atoms with Crippen LogP contribution in [0.1, 0.15) is 15.9 Å². The minimum atomic E-state index is -3.57. The fraction of sp³-hybridized carbons (Fsp3) is 0.133. The summed E-state index contributed by atoms with van der Waals surface area (Å²) in [7, 11) is -2.22. The number of aryl methyl sites for hydroxylation is 1. The fourth-order valence-corrected chi connectivity index (χ4v) is 3.30. The van der Waals surface area contributed by atoms with Gasteiger partial charge in [0.2, 0.25) is 10.0 Å². The second-order valence-corrected chi connectivity index (χ2v) is 7.42. The molecule has 0 aliphatic carbocycles. The maximum absolute atomic E-state index is 12.2. The molecule has 2 rings (SSSR count). The number of halogens is 1. The molecule has 22 heavy (non-hydrogen) atoms. The van der Waals surface area contributed by atoms with Crippen molar-refractivity contribution in [2.24, 2.45) is 0 Å². The highest BCUT2D eigenvalue weighted by Gasteiger charge is 2.16. The van der Waals surface area contributed by atoms with Gasteiger partial charge in [-0.3, -0.25) is 4.79 Å². The summed E-state index contributed by atoms with van der Waals surface area (Å²) in [6.07, 6.45) is 0. The Morgan fingerprint density at radius 3 is 2.50 bits per heavy atom. The molecule has 0 heterocycles. The molecule has 2 N–H and O–H groups in total. The molecule has 0 radical (unpaired) electrons. The summed E-state index contributed by atoms with van der Waals surface area (Å²) in [4.78, 5) is 12.3. The second-order valence-electron chi connectivity index (χ2n) is 4.65. The molecule has 5 nitrogen and oxygen atoms in total. The number of carbonyl (C=O) groups is 1. The Balaban J connectivity index is 2.31. The third-order valence-electron chi connectivity index (χ3n) is 3.09. The first kappa shape index (κ1) is 16.7. The molecule has 2 aromatic rings. The Bertz CT molecular complexity index is 819. The van der Waals surface area contributed by atoms with Crippen molar-refractivity contribution in [3.05, 3.63) is 58.1 Å². The Morgan fingerprint density at radius 2 is 1.86 bits per heavy atom. The number of hydrogen-bond donors (Lipinski definition) is 2. The molecule has 0 saturated heterocycles. The number of rotatable bonds is 4. The molecule has 0 aliphatic heterocycles. The molecule has 116 valence electrons. The van der Waals surface area contributed by atoms with Crippen molar-refractivity contribution >= 4 is 37.5 Å². The number of carbonyl (C=O) groups excluding carboxylic acids is 1. The quantitative estimate of drug-likeness (QED) is 0.853. The van der Waals surface area contributed by atoms with E-state index in [1.54, 1.807) is 37.3 Å². The molecule has 2 aromatic carbocycles. The van der Waals surface area contributed by atoms with E-state index in [-0.39, 0.29) is 10.8 Å². The zero-order chi connectivity index (χ0) is 16.3. The van der Waals surface area contributed by atoms with Gasteiger partial charge in [0.05, 0.1) is 4.90 Å². The minimum Gasteiger partial charge on any atom is -0.322 e. The predicted molar refractivity (Wildman–Crippen MR) is 89.5 cm³/mol. The molecular weight excluding hydrogens is 368 g/mol. The lowest BCUT2D eigenvalue weighted by Crippen LogP contribution is -2.20. The van der Waals surface area contributed by atoms with Crippen molar-refractivity contribution < 1.29 is 13.2 Å². The number of benzene rings is 2. The molecule has 0 fully saturated rings. The van der Waals surface area contributed by atoms with Crippen LogP contribution in [0.2, 0.25) is 0 Å². The molecule has 0 atom stereocenters. The highest BCUT2D eigenvalue weighted by Crippen LogP contribution is 2.21. The van der Waals surface area contributed by atoms with Gasteiger partial charge in [-0.2, -0.15) is 0 Å². The Labute approximate surface area is 137 Å². The van der Waals surface area contributed by atoms with Gasteiger partial charge in [0.15, 0.2) is 0 Å². The Hall–Kier alpha value is -1.70. The number of sulfonamides is 1. The molecule has 0 spiro atoms. The van der Waals surface area contributed by atoms with Crippen molar-refractivity contribution in [1.29, 1.82) is 0 Å². The average molecular weight is 383 g/mol. The predicted octanol–water partition coefficient (Wildman–Crippen LogP) is 2.92. The maximum Gasteiger partial charge on any atom is 0.255 e. The standard InChI is InChI=1S/C15H15BrN2O3S/c1-10-6-7-13(9-14(10)22(20,21)17-2)18-15(19)11-4-3-5-12(16)8-11/h3-9,17H,1-2H3,(H,18,19). The van der Waals surface area contributed by atoms with E-state index in [4.69, 9.17) is 0 Å². The molecule has 0 aliphatic rings. The van der Waals surface area contributed by atoms with E-state index in [0.717, 1.165) is 4.47 Å². The number of amides is 1. The average Bonchev–Trinajstić information content (AvgIpc) is 2.49. The summed E-state index contributed by atoms with van der Waals surface area (Å²) in [6.45, 7) is 1.70. The lowest BCUT2D eigenvalue weighted by atomic mass is 10.2. The third kappa shape index (κ3) is 3.73. The van der Waals surface area contributed by atoms with E-state index < -0.39 is 10.0 Å². The summed E-state index contributed by atoms with van der Waals surface area (Å²) in [5.41, 5.74) is 1.51. The van der Waals surface area contributed by atoms with Crippen LogP contribution < -0.4 is 10.0 Å². The number of anilines is 1. The topological polar surface area (TPSA) is 75.3 Å². The molecule has 7 heteroatoms. The first-order chi connectivity index (χ1) is 10.3. The van der Waals surface area contributed by atoms with Crippen molar-refractivity contribution in [2.75, 3.05) is 12.4 Å². The van der Waals surface area contributed by atoms with E-state index in [0.29, 0.717) is 16.8 Å². The molecular formula is C15H15BrN2O3S. The van der Waals surface area contributed by atoms with E-state index in [9.17, 15) is 13.2 Å². The zero-order valence-electron chi connectivity index (χ0n) is 12.1. The highest BCUT2D eigenvalue weighted by atomic mass is 79.9. The molecule has 0 saturated carbocycles. The van der Waals surface area contributed by atoms with Crippen LogP contribution in [0.3, 0.4) is 0 Å². The van der Waals surface area contributed by atoms with Gasteiger partial charge in [-0.1, -0.05) is 28.1 Å². The first-order valence-electron chi connectivity index (χ1n) is 6.44. The smallest absolute Gasteiger partial charge is 0.255 e. The lowest BCUT2D eigenvalue weighted by Gasteiger charge is -2.10. The van der Waals surface area contributed by atoms with Gasteiger partial charge in [0, 0.05) is 15.7 Å². The van der Waals surface area contributed by atoms with Gasteiger partial charge < -0.3 is 5.32 Å². The first-order valence-corrected chi connectivity index (χ1v) is 8.72. The van der Waals surface area contributed by atoms with Gasteiger partial charge in [0.1, 0.15) is 0 Å². The van der Waals surface area contributed by atoms with Crippen molar-refractivity contribution in [1.82, 2.24) is 4.72 Å². The second kappa shape index (κ2) is 6.60. The summed E-state index contributed by atoms with van der Waals surface area (Å²) in [5, 5.41) is 2.70. The lowest BCUT2D eigenvalue weighted by molar-refractivity contribution is 0.102.